The van der Waals surface area contributed by atoms with Gasteiger partial charge in [0, 0.05) is 43.8 Å². The molecule has 0 aliphatic carbocycles. The van der Waals surface area contributed by atoms with Gasteiger partial charge in [-0.05, 0) is 25.7 Å². The highest BCUT2D eigenvalue weighted by Crippen LogP contribution is 2.40. The summed E-state index contributed by atoms with van der Waals surface area (Å²) in [7, 11) is 2.02. The predicted molar refractivity (Wildman–Crippen MR) is 95.5 cm³/mol. The number of amides is 1. The van der Waals surface area contributed by atoms with E-state index in [1.54, 1.807) is 0 Å². The Morgan fingerprint density at radius 1 is 1.36 bits per heavy atom. The highest BCUT2D eigenvalue weighted by Gasteiger charge is 2.32. The maximum absolute atomic E-state index is 13.2. The Kier molecular flexibility index (Phi) is 4.65. The molecule has 4 rings (SSSR count). The molecule has 134 valence electrons. The van der Waals surface area contributed by atoms with Gasteiger partial charge in [-0.15, -0.1) is 11.3 Å². The van der Waals surface area contributed by atoms with Gasteiger partial charge in [0.05, 0.1) is 0 Å². The average molecular weight is 361 g/mol. The second-order valence-electron chi connectivity index (χ2n) is 6.60. The number of hydrogen-bond donors (Lipinski definition) is 0. The number of fused-ring (bicyclic) bond motifs is 1. The lowest BCUT2D eigenvalue weighted by atomic mass is 9.97. The van der Waals surface area contributed by atoms with Gasteiger partial charge in [-0.1, -0.05) is 0 Å². The van der Waals surface area contributed by atoms with E-state index < -0.39 is 0 Å². The number of rotatable bonds is 4. The minimum absolute atomic E-state index is 0.0845. The number of ether oxygens (including phenoxy) is 2. The van der Waals surface area contributed by atoms with Crippen molar-refractivity contribution in [1.29, 1.82) is 0 Å². The van der Waals surface area contributed by atoms with Crippen LogP contribution in [0, 0.1) is 0 Å². The molecule has 2 aromatic heterocycles. The van der Waals surface area contributed by atoms with Crippen LogP contribution in [-0.2, 0) is 13.5 Å². The molecule has 25 heavy (non-hydrogen) atoms. The fraction of sp³-hybridized carbons (Fsp3) is 0.556. The van der Waals surface area contributed by atoms with Crippen molar-refractivity contribution in [2.45, 2.75) is 38.1 Å². The number of hydrogen-bond acceptors (Lipinski definition) is 5. The zero-order valence-corrected chi connectivity index (χ0v) is 15.3. The van der Waals surface area contributed by atoms with Gasteiger partial charge in [0.25, 0.3) is 5.91 Å². The molecule has 0 radical (unpaired) electrons. The summed E-state index contributed by atoms with van der Waals surface area (Å²) in [5.41, 5.74) is 0. The molecule has 2 aliphatic heterocycles. The standard InChI is InChI=1S/C18H23N3O3S/c1-20-9-7-19-15(20)6-5-13-4-2-3-8-21(13)18(22)17-16-14(12-25-17)23-10-11-24-16/h7,9,12-13H,2-6,8,10-11H2,1H3/t13-/m1/s1. The first-order valence-electron chi connectivity index (χ1n) is 8.88. The summed E-state index contributed by atoms with van der Waals surface area (Å²) in [6, 6.07) is 0.264. The van der Waals surface area contributed by atoms with Crippen molar-refractivity contribution >= 4 is 17.2 Å². The maximum Gasteiger partial charge on any atom is 0.268 e. The molecule has 1 saturated heterocycles. The third-order valence-electron chi connectivity index (χ3n) is 5.01. The Balaban J connectivity index is 1.49. The summed E-state index contributed by atoms with van der Waals surface area (Å²) in [5.74, 6) is 2.50. The number of imidazole rings is 1. The number of aryl methyl sites for hydroxylation is 2. The number of carbonyl (C=O) groups is 1. The quantitative estimate of drug-likeness (QED) is 0.840. The first-order chi connectivity index (χ1) is 12.2. The summed E-state index contributed by atoms with van der Waals surface area (Å²) in [6.45, 7) is 1.87. The van der Waals surface area contributed by atoms with E-state index in [2.05, 4.69) is 9.55 Å². The number of nitrogens with zero attached hydrogens (tertiary/aromatic N) is 3. The van der Waals surface area contributed by atoms with E-state index >= 15 is 0 Å². The van der Waals surface area contributed by atoms with Crippen LogP contribution in [0.25, 0.3) is 0 Å². The number of likely N-dealkylation sites (tertiary alicyclic amines) is 1. The molecular formula is C18H23N3O3S. The van der Waals surface area contributed by atoms with Crippen LogP contribution in [0.1, 0.15) is 41.2 Å². The van der Waals surface area contributed by atoms with Crippen LogP contribution < -0.4 is 9.47 Å². The summed E-state index contributed by atoms with van der Waals surface area (Å²) in [5, 5.41) is 1.88. The van der Waals surface area contributed by atoms with E-state index in [4.69, 9.17) is 9.47 Å². The average Bonchev–Trinajstić information content (AvgIpc) is 3.26. The van der Waals surface area contributed by atoms with E-state index in [1.807, 2.05) is 29.7 Å². The Morgan fingerprint density at radius 2 is 2.24 bits per heavy atom. The van der Waals surface area contributed by atoms with Gasteiger partial charge < -0.3 is 18.9 Å². The fourth-order valence-electron chi connectivity index (χ4n) is 3.64. The van der Waals surface area contributed by atoms with Gasteiger partial charge in [-0.2, -0.15) is 0 Å². The molecule has 0 N–H and O–H groups in total. The van der Waals surface area contributed by atoms with Crippen molar-refractivity contribution in [3.8, 4) is 11.5 Å². The molecule has 2 aliphatic rings. The number of aromatic nitrogens is 2. The third-order valence-corrected chi connectivity index (χ3v) is 5.93. The molecule has 6 nitrogen and oxygen atoms in total. The monoisotopic (exact) mass is 361 g/mol. The zero-order chi connectivity index (χ0) is 17.2. The summed E-state index contributed by atoms with van der Waals surface area (Å²) >= 11 is 1.43. The van der Waals surface area contributed by atoms with Crippen LogP contribution in [0.5, 0.6) is 11.5 Å². The van der Waals surface area contributed by atoms with Gasteiger partial charge in [0.15, 0.2) is 11.5 Å². The van der Waals surface area contributed by atoms with Crippen molar-refractivity contribution < 1.29 is 14.3 Å². The molecule has 4 heterocycles. The van der Waals surface area contributed by atoms with Crippen molar-refractivity contribution in [2.24, 2.45) is 7.05 Å². The smallest absolute Gasteiger partial charge is 0.268 e. The number of piperidine rings is 1. The van der Waals surface area contributed by atoms with Crippen molar-refractivity contribution in [3.63, 3.8) is 0 Å². The molecule has 0 unspecified atom stereocenters. The van der Waals surface area contributed by atoms with E-state index in [0.29, 0.717) is 29.6 Å². The zero-order valence-electron chi connectivity index (χ0n) is 14.4. The SMILES string of the molecule is Cn1ccnc1CC[C@H]1CCCCN1C(=O)c1scc2c1OCCO2. The van der Waals surface area contributed by atoms with Crippen LogP contribution in [0.2, 0.25) is 0 Å². The van der Waals surface area contributed by atoms with Crippen LogP contribution in [0.15, 0.2) is 17.8 Å². The molecule has 7 heteroatoms. The molecule has 0 saturated carbocycles. The van der Waals surface area contributed by atoms with Crippen LogP contribution in [0.4, 0.5) is 0 Å². The van der Waals surface area contributed by atoms with Crippen molar-refractivity contribution in [2.75, 3.05) is 19.8 Å². The van der Waals surface area contributed by atoms with Crippen LogP contribution in [0.3, 0.4) is 0 Å². The summed E-state index contributed by atoms with van der Waals surface area (Å²) in [6.07, 6.45) is 8.93. The Morgan fingerprint density at radius 3 is 3.08 bits per heavy atom. The first kappa shape index (κ1) is 16.4. The Labute approximate surface area is 151 Å². The van der Waals surface area contributed by atoms with Gasteiger partial charge in [-0.3, -0.25) is 4.79 Å². The Hall–Kier alpha value is -2.02. The van der Waals surface area contributed by atoms with Crippen molar-refractivity contribution in [1.82, 2.24) is 14.5 Å². The second-order valence-corrected chi connectivity index (χ2v) is 7.48. The topological polar surface area (TPSA) is 56.6 Å². The molecule has 0 bridgehead atoms. The van der Waals surface area contributed by atoms with E-state index in [-0.39, 0.29) is 11.9 Å². The largest absolute Gasteiger partial charge is 0.485 e. The predicted octanol–water partition coefficient (Wildman–Crippen LogP) is 2.88. The van der Waals surface area contributed by atoms with Crippen LogP contribution >= 0.6 is 11.3 Å². The maximum atomic E-state index is 13.2. The molecule has 1 amide bonds. The fourth-order valence-corrected chi connectivity index (χ4v) is 4.53. The first-order valence-corrected chi connectivity index (χ1v) is 9.76. The van der Waals surface area contributed by atoms with Crippen LogP contribution in [-0.4, -0.2) is 46.2 Å². The van der Waals surface area contributed by atoms with E-state index in [1.165, 1.54) is 17.8 Å². The Bertz CT molecular complexity index is 755. The molecule has 2 aromatic rings. The number of thiophene rings is 1. The molecule has 0 spiro atoms. The lowest BCUT2D eigenvalue weighted by Gasteiger charge is -2.36. The van der Waals surface area contributed by atoms with Crippen molar-refractivity contribution in [3.05, 3.63) is 28.5 Å². The minimum Gasteiger partial charge on any atom is -0.485 e. The highest BCUT2D eigenvalue weighted by molar-refractivity contribution is 7.12. The highest BCUT2D eigenvalue weighted by atomic mass is 32.1. The van der Waals surface area contributed by atoms with E-state index in [9.17, 15) is 4.79 Å². The molecule has 0 aromatic carbocycles. The lowest BCUT2D eigenvalue weighted by molar-refractivity contribution is 0.0598. The van der Waals surface area contributed by atoms with E-state index in [0.717, 1.165) is 38.1 Å². The lowest BCUT2D eigenvalue weighted by Crippen LogP contribution is -2.44. The summed E-state index contributed by atoms with van der Waals surface area (Å²) < 4.78 is 13.3. The van der Waals surface area contributed by atoms with Gasteiger partial charge in [0.2, 0.25) is 0 Å². The normalized spacial score (nSPS) is 19.9. The molecule has 1 atom stereocenters. The molecular weight excluding hydrogens is 338 g/mol. The minimum atomic E-state index is 0.0845. The van der Waals surface area contributed by atoms with Gasteiger partial charge >= 0.3 is 0 Å². The second kappa shape index (κ2) is 7.07. The summed E-state index contributed by atoms with van der Waals surface area (Å²) in [4.78, 5) is 20.3. The number of carbonyl (C=O) groups excluding carboxylic acids is 1. The van der Waals surface area contributed by atoms with Gasteiger partial charge in [-0.25, -0.2) is 4.98 Å². The van der Waals surface area contributed by atoms with Gasteiger partial charge in [0.1, 0.15) is 23.9 Å². The third kappa shape index (κ3) is 3.25. The molecule has 1 fully saturated rings.